The number of likely N-dealkylation sites (N-methyl/N-ethyl adjacent to an activating group) is 1. The summed E-state index contributed by atoms with van der Waals surface area (Å²) in [6.07, 6.45) is 1.89. The Balaban J connectivity index is 1.17. The summed E-state index contributed by atoms with van der Waals surface area (Å²) in [5, 5.41) is 0.625. The van der Waals surface area contributed by atoms with Crippen LogP contribution >= 0.6 is 11.6 Å². The van der Waals surface area contributed by atoms with Crippen molar-refractivity contribution in [2.45, 2.75) is 6.42 Å². The van der Waals surface area contributed by atoms with E-state index in [0.29, 0.717) is 37.7 Å². The summed E-state index contributed by atoms with van der Waals surface area (Å²) in [5.41, 5.74) is 0.787. The van der Waals surface area contributed by atoms with E-state index in [-0.39, 0.29) is 24.2 Å². The molecule has 2 amide bonds. The van der Waals surface area contributed by atoms with E-state index in [1.165, 1.54) is 0 Å². The molecule has 0 saturated carbocycles. The molecule has 1 aromatic carbocycles. The second-order valence-electron chi connectivity index (χ2n) is 9.22. The summed E-state index contributed by atoms with van der Waals surface area (Å²) >= 11 is 5.96. The number of benzene rings is 1. The average molecular weight is 484 g/mol. The normalized spacial score (nSPS) is 21.9. The van der Waals surface area contributed by atoms with Crippen LogP contribution in [0.4, 0.5) is 17.3 Å². The number of piperazine rings is 2. The molecule has 9 nitrogen and oxygen atoms in total. The Hall–Kier alpha value is -2.91. The van der Waals surface area contributed by atoms with Crippen LogP contribution in [0.15, 0.2) is 36.7 Å². The highest BCUT2D eigenvalue weighted by molar-refractivity contribution is 6.30. The summed E-state index contributed by atoms with van der Waals surface area (Å²) in [5.74, 6) is 1.60. The third-order valence-electron chi connectivity index (χ3n) is 6.99. The molecule has 3 aliphatic heterocycles. The van der Waals surface area contributed by atoms with E-state index >= 15 is 0 Å². The first-order valence-corrected chi connectivity index (χ1v) is 12.2. The molecule has 180 valence electrons. The highest BCUT2D eigenvalue weighted by Crippen LogP contribution is 2.28. The van der Waals surface area contributed by atoms with Crippen molar-refractivity contribution >= 4 is 40.7 Å². The zero-order chi connectivity index (χ0) is 23.7. The number of carbonyl (C=O) groups is 2. The van der Waals surface area contributed by atoms with E-state index in [1.807, 2.05) is 17.0 Å². The number of nitrogens with zero attached hydrogens (tertiary/aromatic N) is 7. The number of amides is 2. The predicted octanol–water partition coefficient (Wildman–Crippen LogP) is 1.58. The van der Waals surface area contributed by atoms with Gasteiger partial charge in [-0.2, -0.15) is 0 Å². The number of anilines is 3. The second-order valence-corrected chi connectivity index (χ2v) is 9.66. The standard InChI is InChI=1S/C24H30ClN7O2/c1-28-6-8-29(9-7-28)21-15-22(27-17-26-21)30-10-12-31(13-11-30)24(34)18-14-23(33)32(16-18)20-4-2-19(25)3-5-20/h2-5,15,17-18H,6-14,16H2,1H3. The van der Waals surface area contributed by atoms with Crippen molar-refractivity contribution in [1.29, 1.82) is 0 Å². The van der Waals surface area contributed by atoms with Crippen molar-refractivity contribution in [3.63, 3.8) is 0 Å². The molecule has 3 aliphatic rings. The van der Waals surface area contributed by atoms with Crippen LogP contribution in [0.25, 0.3) is 0 Å². The first-order valence-electron chi connectivity index (χ1n) is 11.8. The third-order valence-corrected chi connectivity index (χ3v) is 7.25. The van der Waals surface area contributed by atoms with Crippen molar-refractivity contribution < 1.29 is 9.59 Å². The molecule has 0 radical (unpaired) electrons. The average Bonchev–Trinajstić information content (AvgIpc) is 3.26. The fourth-order valence-corrected chi connectivity index (χ4v) is 5.00. The topological polar surface area (TPSA) is 76.1 Å². The van der Waals surface area contributed by atoms with Gasteiger partial charge in [0, 0.05) is 82.1 Å². The molecule has 10 heteroatoms. The molecule has 1 atom stereocenters. The molecule has 1 aromatic heterocycles. The number of halogens is 1. The minimum absolute atomic E-state index is 0.0169. The molecule has 3 saturated heterocycles. The van der Waals surface area contributed by atoms with Gasteiger partial charge in [-0.3, -0.25) is 9.59 Å². The minimum atomic E-state index is -0.308. The summed E-state index contributed by atoms with van der Waals surface area (Å²) in [6, 6.07) is 9.23. The van der Waals surface area contributed by atoms with Crippen LogP contribution < -0.4 is 14.7 Å². The van der Waals surface area contributed by atoms with Gasteiger partial charge in [-0.25, -0.2) is 9.97 Å². The van der Waals surface area contributed by atoms with E-state index in [1.54, 1.807) is 23.4 Å². The van der Waals surface area contributed by atoms with E-state index in [2.05, 4.69) is 37.8 Å². The monoisotopic (exact) mass is 483 g/mol. The van der Waals surface area contributed by atoms with E-state index < -0.39 is 0 Å². The van der Waals surface area contributed by atoms with Crippen molar-refractivity contribution in [2.75, 3.05) is 80.7 Å². The van der Waals surface area contributed by atoms with Gasteiger partial charge in [0.05, 0.1) is 5.92 Å². The first kappa shape index (κ1) is 22.9. The number of hydrogen-bond donors (Lipinski definition) is 0. The van der Waals surface area contributed by atoms with Crippen molar-refractivity contribution in [1.82, 2.24) is 19.8 Å². The summed E-state index contributed by atoms with van der Waals surface area (Å²) < 4.78 is 0. The molecule has 2 aromatic rings. The van der Waals surface area contributed by atoms with E-state index in [4.69, 9.17) is 11.6 Å². The van der Waals surface area contributed by atoms with Crippen LogP contribution in [0.1, 0.15) is 6.42 Å². The van der Waals surface area contributed by atoms with Gasteiger partial charge in [0.1, 0.15) is 18.0 Å². The third kappa shape index (κ3) is 4.81. The van der Waals surface area contributed by atoms with Crippen LogP contribution in [0.3, 0.4) is 0 Å². The highest BCUT2D eigenvalue weighted by atomic mass is 35.5. The lowest BCUT2D eigenvalue weighted by Crippen LogP contribution is -2.51. The highest BCUT2D eigenvalue weighted by Gasteiger charge is 2.38. The van der Waals surface area contributed by atoms with Gasteiger partial charge in [0.25, 0.3) is 0 Å². The fourth-order valence-electron chi connectivity index (χ4n) is 4.88. The van der Waals surface area contributed by atoms with Crippen LogP contribution in [0.2, 0.25) is 5.02 Å². The summed E-state index contributed by atoms with van der Waals surface area (Å²) in [7, 11) is 2.14. The van der Waals surface area contributed by atoms with Gasteiger partial charge in [0.2, 0.25) is 11.8 Å². The molecule has 1 unspecified atom stereocenters. The molecule has 0 spiro atoms. The van der Waals surface area contributed by atoms with Crippen LogP contribution in [-0.4, -0.2) is 97.5 Å². The number of hydrogen-bond acceptors (Lipinski definition) is 7. The minimum Gasteiger partial charge on any atom is -0.354 e. The Kier molecular flexibility index (Phi) is 6.56. The largest absolute Gasteiger partial charge is 0.354 e. The lowest BCUT2D eigenvalue weighted by atomic mass is 10.1. The molecule has 0 N–H and O–H groups in total. The predicted molar refractivity (Wildman–Crippen MR) is 132 cm³/mol. The molecule has 3 fully saturated rings. The molecule has 34 heavy (non-hydrogen) atoms. The van der Waals surface area contributed by atoms with Crippen LogP contribution in [-0.2, 0) is 9.59 Å². The van der Waals surface area contributed by atoms with E-state index in [0.717, 1.165) is 43.5 Å². The van der Waals surface area contributed by atoms with Crippen molar-refractivity contribution in [3.05, 3.63) is 41.7 Å². The molecule has 5 rings (SSSR count). The quantitative estimate of drug-likeness (QED) is 0.653. The zero-order valence-electron chi connectivity index (χ0n) is 19.4. The van der Waals surface area contributed by atoms with Gasteiger partial charge in [-0.15, -0.1) is 0 Å². The maximum absolute atomic E-state index is 13.2. The van der Waals surface area contributed by atoms with Crippen molar-refractivity contribution in [2.24, 2.45) is 5.92 Å². The Bertz CT molecular complexity index is 1030. The molecular formula is C24H30ClN7O2. The van der Waals surface area contributed by atoms with E-state index in [9.17, 15) is 9.59 Å². The SMILES string of the molecule is CN1CCN(c2cc(N3CCN(C(=O)C4CC(=O)N(c5ccc(Cl)cc5)C4)CC3)ncn2)CC1. The first-order chi connectivity index (χ1) is 16.5. The molecule has 4 heterocycles. The Labute approximate surface area is 204 Å². The van der Waals surface area contributed by atoms with Crippen LogP contribution in [0, 0.1) is 5.92 Å². The smallest absolute Gasteiger partial charge is 0.228 e. The molecular weight excluding hydrogens is 454 g/mol. The van der Waals surface area contributed by atoms with Gasteiger partial charge in [-0.1, -0.05) is 11.6 Å². The lowest BCUT2D eigenvalue weighted by molar-refractivity contribution is -0.136. The molecule has 0 aliphatic carbocycles. The zero-order valence-corrected chi connectivity index (χ0v) is 20.2. The number of rotatable bonds is 4. The van der Waals surface area contributed by atoms with Gasteiger partial charge in [-0.05, 0) is 31.3 Å². The van der Waals surface area contributed by atoms with Gasteiger partial charge >= 0.3 is 0 Å². The summed E-state index contributed by atoms with van der Waals surface area (Å²) in [6.45, 7) is 7.07. The number of aromatic nitrogens is 2. The Morgan fingerprint density at radius 3 is 2.12 bits per heavy atom. The lowest BCUT2D eigenvalue weighted by Gasteiger charge is -2.37. The van der Waals surface area contributed by atoms with Crippen molar-refractivity contribution in [3.8, 4) is 0 Å². The molecule has 0 bridgehead atoms. The fraction of sp³-hybridized carbons (Fsp3) is 0.500. The number of carbonyl (C=O) groups excluding carboxylic acids is 2. The van der Waals surface area contributed by atoms with Crippen LogP contribution in [0.5, 0.6) is 0 Å². The van der Waals surface area contributed by atoms with Gasteiger partial charge in [0.15, 0.2) is 0 Å². The second kappa shape index (κ2) is 9.76. The Morgan fingerprint density at radius 1 is 0.912 bits per heavy atom. The summed E-state index contributed by atoms with van der Waals surface area (Å²) in [4.78, 5) is 45.1. The maximum Gasteiger partial charge on any atom is 0.228 e. The Morgan fingerprint density at radius 2 is 1.50 bits per heavy atom. The maximum atomic E-state index is 13.2. The van der Waals surface area contributed by atoms with Gasteiger partial charge < -0.3 is 24.5 Å².